The fourth-order valence-corrected chi connectivity index (χ4v) is 2.94. The molecule has 0 saturated heterocycles. The Morgan fingerprint density at radius 1 is 0.971 bits per heavy atom. The Kier molecular flexibility index (Phi) is 6.42. The predicted octanol–water partition coefficient (Wildman–Crippen LogP) is 4.72. The number of benzene rings is 2. The topological polar surface area (TPSA) is 136 Å². The number of carbonyl (C=O) groups is 1. The summed E-state index contributed by atoms with van der Waals surface area (Å²) in [4.78, 5) is 24.5. The van der Waals surface area contributed by atoms with E-state index in [1.165, 1.54) is 6.33 Å². The quantitative estimate of drug-likeness (QED) is 0.305. The van der Waals surface area contributed by atoms with Crippen molar-refractivity contribution in [3.05, 3.63) is 91.4 Å². The van der Waals surface area contributed by atoms with E-state index >= 15 is 0 Å². The molecule has 0 aliphatic rings. The molecule has 0 radical (unpaired) electrons. The van der Waals surface area contributed by atoms with Crippen molar-refractivity contribution in [2.45, 2.75) is 0 Å². The molecule has 166 valence electrons. The van der Waals surface area contributed by atoms with Gasteiger partial charge in [0.15, 0.2) is 0 Å². The maximum absolute atomic E-state index is 11.9. The number of nitriles is 1. The zero-order valence-corrected chi connectivity index (χ0v) is 17.8. The Balaban J connectivity index is 1.57. The van der Waals surface area contributed by atoms with Gasteiger partial charge in [0.05, 0.1) is 5.56 Å². The van der Waals surface area contributed by atoms with Crippen LogP contribution in [0.5, 0.6) is 23.3 Å². The Morgan fingerprint density at radius 2 is 1.76 bits per heavy atom. The van der Waals surface area contributed by atoms with Gasteiger partial charge in [-0.05, 0) is 30.3 Å². The van der Waals surface area contributed by atoms with Crippen LogP contribution in [0.25, 0.3) is 11.1 Å². The van der Waals surface area contributed by atoms with Crippen LogP contribution in [0.2, 0.25) is 0 Å². The highest BCUT2D eigenvalue weighted by atomic mass is 16.5. The van der Waals surface area contributed by atoms with Crippen LogP contribution in [0.1, 0.15) is 0 Å². The third-order valence-corrected chi connectivity index (χ3v) is 4.55. The average molecular weight is 450 g/mol. The Morgan fingerprint density at radius 3 is 2.50 bits per heavy atom. The number of nitrogens with zero attached hydrogens (tertiary/aromatic N) is 4. The molecule has 4 aromatic rings. The van der Waals surface area contributed by atoms with E-state index in [2.05, 4.69) is 26.8 Å². The number of nitrogens with one attached hydrogen (secondary N) is 1. The number of hydrogen-bond acceptors (Lipinski definition) is 8. The standard InChI is InChI=1S/C25H18N6O3/c1-16(13-26)24(32)31-18-6-5-9-20(12-18)34-25-22(23(27)29-15-30-25)17-10-11-21(28-14-17)33-19-7-3-2-4-8-19/h2-12,14-15H,1H2,(H,31,32)(H2,27,29,30). The van der Waals surface area contributed by atoms with Gasteiger partial charge >= 0.3 is 0 Å². The van der Waals surface area contributed by atoms with Crippen molar-refractivity contribution in [2.24, 2.45) is 0 Å². The van der Waals surface area contributed by atoms with Crippen molar-refractivity contribution in [1.29, 1.82) is 5.26 Å². The number of para-hydroxylation sites is 1. The number of amides is 1. The minimum atomic E-state index is -0.601. The van der Waals surface area contributed by atoms with Gasteiger partial charge in [0.1, 0.15) is 35.3 Å². The predicted molar refractivity (Wildman–Crippen MR) is 126 cm³/mol. The fraction of sp³-hybridized carbons (Fsp3) is 0. The van der Waals surface area contributed by atoms with E-state index in [-0.39, 0.29) is 17.3 Å². The lowest BCUT2D eigenvalue weighted by atomic mass is 10.1. The first kappa shape index (κ1) is 22.0. The molecule has 4 rings (SSSR count). The van der Waals surface area contributed by atoms with Crippen LogP contribution in [0.4, 0.5) is 11.5 Å². The molecule has 0 saturated carbocycles. The molecule has 3 N–H and O–H groups in total. The lowest BCUT2D eigenvalue weighted by molar-refractivity contribution is -0.112. The number of hydrogen-bond donors (Lipinski definition) is 2. The van der Waals surface area contributed by atoms with E-state index in [0.717, 1.165) is 0 Å². The van der Waals surface area contributed by atoms with E-state index in [1.807, 2.05) is 30.3 Å². The fourth-order valence-electron chi connectivity index (χ4n) is 2.94. The van der Waals surface area contributed by atoms with Gasteiger partial charge in [0.2, 0.25) is 11.8 Å². The van der Waals surface area contributed by atoms with Crippen molar-refractivity contribution in [3.8, 4) is 40.5 Å². The van der Waals surface area contributed by atoms with Crippen LogP contribution in [-0.2, 0) is 4.79 Å². The lowest BCUT2D eigenvalue weighted by Crippen LogP contribution is -2.12. The molecule has 0 spiro atoms. The highest BCUT2D eigenvalue weighted by molar-refractivity contribution is 6.06. The van der Waals surface area contributed by atoms with Gasteiger partial charge in [-0.25, -0.2) is 15.0 Å². The molecule has 0 aliphatic heterocycles. The number of anilines is 2. The average Bonchev–Trinajstić information content (AvgIpc) is 2.85. The SMILES string of the molecule is C=C(C#N)C(=O)Nc1cccc(Oc2ncnc(N)c2-c2ccc(Oc3ccccc3)nc2)c1. The summed E-state index contributed by atoms with van der Waals surface area (Å²) in [5.41, 5.74) is 7.42. The van der Waals surface area contributed by atoms with Gasteiger partial charge in [-0.3, -0.25) is 4.79 Å². The summed E-state index contributed by atoms with van der Waals surface area (Å²) in [6, 6.07) is 21.1. The molecule has 0 bridgehead atoms. The molecule has 2 heterocycles. The second kappa shape index (κ2) is 9.93. The Hall–Kier alpha value is -5.23. The summed E-state index contributed by atoms with van der Waals surface area (Å²) in [5, 5.41) is 11.4. The normalized spacial score (nSPS) is 10.1. The first-order valence-electron chi connectivity index (χ1n) is 10.0. The second-order valence-electron chi connectivity index (χ2n) is 6.91. The van der Waals surface area contributed by atoms with Crippen LogP contribution in [0, 0.1) is 11.3 Å². The van der Waals surface area contributed by atoms with Crippen LogP contribution < -0.4 is 20.5 Å². The maximum atomic E-state index is 11.9. The van der Waals surface area contributed by atoms with E-state index in [9.17, 15) is 4.79 Å². The number of pyridine rings is 1. The molecule has 2 aromatic carbocycles. The number of nitrogen functional groups attached to an aromatic ring is 1. The van der Waals surface area contributed by atoms with Crippen LogP contribution in [-0.4, -0.2) is 20.9 Å². The molecule has 34 heavy (non-hydrogen) atoms. The molecule has 0 unspecified atom stereocenters. The lowest BCUT2D eigenvalue weighted by Gasteiger charge is -2.13. The number of nitrogens with two attached hydrogens (primary N) is 1. The number of ether oxygens (including phenoxy) is 2. The van der Waals surface area contributed by atoms with E-state index in [0.29, 0.717) is 34.2 Å². The van der Waals surface area contributed by atoms with Gasteiger partial charge in [0.25, 0.3) is 5.91 Å². The summed E-state index contributed by atoms with van der Waals surface area (Å²) in [7, 11) is 0. The maximum Gasteiger partial charge on any atom is 0.265 e. The van der Waals surface area contributed by atoms with Crippen molar-refractivity contribution in [2.75, 3.05) is 11.1 Å². The van der Waals surface area contributed by atoms with E-state index in [1.54, 1.807) is 48.7 Å². The van der Waals surface area contributed by atoms with Gasteiger partial charge in [-0.15, -0.1) is 0 Å². The van der Waals surface area contributed by atoms with Crippen LogP contribution in [0.15, 0.2) is 91.4 Å². The number of aromatic nitrogens is 3. The van der Waals surface area contributed by atoms with Gasteiger partial charge in [0, 0.05) is 29.6 Å². The molecular weight excluding hydrogens is 432 g/mol. The monoisotopic (exact) mass is 450 g/mol. The van der Waals surface area contributed by atoms with Crippen molar-refractivity contribution >= 4 is 17.4 Å². The van der Waals surface area contributed by atoms with E-state index < -0.39 is 5.91 Å². The Bertz CT molecular complexity index is 1380. The van der Waals surface area contributed by atoms with Crippen molar-refractivity contribution in [1.82, 2.24) is 15.0 Å². The second-order valence-corrected chi connectivity index (χ2v) is 6.91. The van der Waals surface area contributed by atoms with Gasteiger partial charge < -0.3 is 20.5 Å². The molecule has 2 aromatic heterocycles. The summed E-state index contributed by atoms with van der Waals surface area (Å²) in [6.07, 6.45) is 2.88. The first-order chi connectivity index (χ1) is 16.5. The summed E-state index contributed by atoms with van der Waals surface area (Å²) >= 11 is 0. The molecule has 9 nitrogen and oxygen atoms in total. The van der Waals surface area contributed by atoms with Crippen LogP contribution >= 0.6 is 0 Å². The molecule has 0 fully saturated rings. The van der Waals surface area contributed by atoms with Crippen molar-refractivity contribution < 1.29 is 14.3 Å². The zero-order valence-electron chi connectivity index (χ0n) is 17.8. The minimum absolute atomic E-state index is 0.204. The molecule has 1 amide bonds. The smallest absolute Gasteiger partial charge is 0.265 e. The summed E-state index contributed by atoms with van der Waals surface area (Å²) < 4.78 is 11.7. The van der Waals surface area contributed by atoms with Crippen molar-refractivity contribution in [3.63, 3.8) is 0 Å². The molecule has 9 heteroatoms. The highest BCUT2D eigenvalue weighted by Gasteiger charge is 2.15. The van der Waals surface area contributed by atoms with Crippen LogP contribution in [0.3, 0.4) is 0 Å². The first-order valence-corrected chi connectivity index (χ1v) is 10.0. The number of rotatable bonds is 7. The minimum Gasteiger partial charge on any atom is -0.439 e. The third-order valence-electron chi connectivity index (χ3n) is 4.55. The Labute approximate surface area is 195 Å². The summed E-state index contributed by atoms with van der Waals surface area (Å²) in [6.45, 7) is 3.39. The molecular formula is C25H18N6O3. The van der Waals surface area contributed by atoms with Gasteiger partial charge in [-0.1, -0.05) is 30.8 Å². The van der Waals surface area contributed by atoms with Gasteiger partial charge in [-0.2, -0.15) is 5.26 Å². The largest absolute Gasteiger partial charge is 0.439 e. The molecule has 0 atom stereocenters. The number of carbonyl (C=O) groups excluding carboxylic acids is 1. The summed E-state index contributed by atoms with van der Waals surface area (Å²) in [5.74, 6) is 1.27. The zero-order chi connectivity index (χ0) is 23.9. The highest BCUT2D eigenvalue weighted by Crippen LogP contribution is 2.35. The van der Waals surface area contributed by atoms with E-state index in [4.69, 9.17) is 20.5 Å². The third kappa shape index (κ3) is 5.15. The molecule has 0 aliphatic carbocycles.